The van der Waals surface area contributed by atoms with Gasteiger partial charge in [0.15, 0.2) is 5.76 Å². The van der Waals surface area contributed by atoms with Crippen molar-refractivity contribution in [1.29, 1.82) is 0 Å². The minimum absolute atomic E-state index is 0.0464. The Morgan fingerprint density at radius 3 is 1.66 bits per heavy atom. The summed E-state index contributed by atoms with van der Waals surface area (Å²) in [6, 6.07) is -2.68. The summed E-state index contributed by atoms with van der Waals surface area (Å²) in [6.07, 6.45) is -3.01. The van der Waals surface area contributed by atoms with Gasteiger partial charge in [0.05, 0.1) is 25.1 Å². The molecule has 27 nitrogen and oxygen atoms in total. The van der Waals surface area contributed by atoms with Crippen LogP contribution in [0.1, 0.15) is 75.9 Å². The van der Waals surface area contributed by atoms with Gasteiger partial charge in [-0.1, -0.05) is 44.2 Å². The summed E-state index contributed by atoms with van der Waals surface area (Å²) < 4.78 is 5.03. The number of nitrogens with two attached hydrogens (primary N) is 3. The molecular weight excluding hydrogens is 971 g/mol. The van der Waals surface area contributed by atoms with E-state index in [1.165, 1.54) is 32.2 Å². The van der Waals surface area contributed by atoms with Crippen LogP contribution in [0.2, 0.25) is 0 Å². The van der Waals surface area contributed by atoms with Crippen LogP contribution in [-0.2, 0) is 49.6 Å². The zero-order chi connectivity index (χ0) is 55.1. The van der Waals surface area contributed by atoms with Crippen LogP contribution in [0.25, 0.3) is 0 Å². The Morgan fingerprint density at radius 2 is 1.16 bits per heavy atom. The molecule has 3 rings (SSSR count). The average Bonchev–Trinajstić information content (AvgIpc) is 3.90. The van der Waals surface area contributed by atoms with Crippen molar-refractivity contribution in [2.75, 3.05) is 32.8 Å². The number of hydrogen-bond donors (Lipinski definition) is 16. The molecule has 19 N–H and O–H groups in total. The highest BCUT2D eigenvalue weighted by atomic mass is 16.3. The molecule has 0 unspecified atom stereocenters. The number of rotatable bonds is 19. The Bertz CT molecular complexity index is 2200. The second kappa shape index (κ2) is 30.9. The van der Waals surface area contributed by atoms with Gasteiger partial charge in [-0.05, 0) is 89.2 Å². The molecule has 410 valence electrons. The molecule has 11 atom stereocenters. The van der Waals surface area contributed by atoms with Crippen molar-refractivity contribution < 1.29 is 67.7 Å². The van der Waals surface area contributed by atoms with E-state index in [1.54, 1.807) is 44.2 Å². The first-order valence-electron chi connectivity index (χ1n) is 24.3. The lowest BCUT2D eigenvalue weighted by Gasteiger charge is -2.28. The number of amides is 10. The predicted molar refractivity (Wildman–Crippen MR) is 264 cm³/mol. The maximum absolute atomic E-state index is 14.3. The fourth-order valence-corrected chi connectivity index (χ4v) is 7.56. The Morgan fingerprint density at radius 1 is 0.649 bits per heavy atom. The highest BCUT2D eigenvalue weighted by Crippen LogP contribution is 2.11. The van der Waals surface area contributed by atoms with E-state index in [1.807, 2.05) is 0 Å². The first kappa shape index (κ1) is 61.3. The van der Waals surface area contributed by atoms with E-state index in [2.05, 4.69) is 53.2 Å². The number of carbonyl (C=O) groups is 10. The third-order valence-electron chi connectivity index (χ3n) is 11.6. The van der Waals surface area contributed by atoms with Gasteiger partial charge in [0.1, 0.15) is 54.4 Å². The quantitative estimate of drug-likeness (QED) is 0.0623. The molecule has 1 aromatic heterocycles. The lowest BCUT2D eigenvalue weighted by molar-refractivity contribution is -0.136. The van der Waals surface area contributed by atoms with Gasteiger partial charge in [-0.2, -0.15) is 0 Å². The van der Waals surface area contributed by atoms with Gasteiger partial charge in [0, 0.05) is 13.0 Å². The highest BCUT2D eigenvalue weighted by Gasteiger charge is 2.37. The van der Waals surface area contributed by atoms with Gasteiger partial charge in [-0.25, -0.2) is 0 Å². The maximum atomic E-state index is 14.3. The van der Waals surface area contributed by atoms with Crippen molar-refractivity contribution in [2.24, 2.45) is 23.1 Å². The standard InChI is InChI=1S/C47H73N13O14/c1-24(2)21-32-42(68)54-28(12-16-48)38(64)53-30(14-18-50)41(67)59-36(25(3)62)46(72)51-19-15-31(55-44(70)34(23-61)58-47(73)37(26(4)63)60-45(71)35-11-8-20-74-35)40(66)52-29(13-17-49)39(65)57-33(43(69)56-32)22-27-9-6-5-7-10-27/h5-11,20,24-26,28-34,36-37,61-63H,12-19,21-23,48-50H2,1-4H3,(H,51,72)(H,52,66)(H,53,64)(H,54,68)(H,55,70)(H,56,69)(H,57,65)(H,58,73)(H,59,67)(H,60,71)/t25-,26-,28+,29+,30+,31+,32+,33-,34-,36+,37+/m1/s1. The Hall–Kier alpha value is -7.04. The average molecular weight is 1040 g/mol. The third kappa shape index (κ3) is 19.4. The van der Waals surface area contributed by atoms with E-state index < -0.39 is 145 Å². The highest BCUT2D eigenvalue weighted by molar-refractivity contribution is 5.99. The predicted octanol–water partition coefficient (Wildman–Crippen LogP) is -6.13. The Balaban J connectivity index is 2.10. The van der Waals surface area contributed by atoms with Gasteiger partial charge in [-0.3, -0.25) is 47.9 Å². The van der Waals surface area contributed by atoms with Crippen LogP contribution in [0.15, 0.2) is 53.1 Å². The van der Waals surface area contributed by atoms with Crippen molar-refractivity contribution in [3.8, 4) is 0 Å². The summed E-state index contributed by atoms with van der Waals surface area (Å²) in [5, 5.41) is 56.0. The van der Waals surface area contributed by atoms with E-state index in [0.29, 0.717) is 5.56 Å². The molecule has 0 radical (unpaired) electrons. The smallest absolute Gasteiger partial charge is 0.287 e. The maximum Gasteiger partial charge on any atom is 0.287 e. The van der Waals surface area contributed by atoms with Crippen molar-refractivity contribution in [3.05, 3.63) is 60.1 Å². The summed E-state index contributed by atoms with van der Waals surface area (Å²) in [7, 11) is 0. The first-order valence-corrected chi connectivity index (χ1v) is 24.3. The van der Waals surface area contributed by atoms with Gasteiger partial charge >= 0.3 is 0 Å². The van der Waals surface area contributed by atoms with Crippen LogP contribution in [0.3, 0.4) is 0 Å². The molecule has 1 aliphatic rings. The molecule has 1 fully saturated rings. The molecule has 2 aromatic rings. The normalized spacial score (nSPS) is 23.7. The van der Waals surface area contributed by atoms with Crippen molar-refractivity contribution in [3.63, 3.8) is 0 Å². The van der Waals surface area contributed by atoms with Gasteiger partial charge in [0.2, 0.25) is 53.2 Å². The molecule has 0 spiro atoms. The molecule has 27 heteroatoms. The number of nitrogens with one attached hydrogen (secondary N) is 10. The van der Waals surface area contributed by atoms with Crippen molar-refractivity contribution >= 4 is 59.1 Å². The minimum atomic E-state index is -1.84. The van der Waals surface area contributed by atoms with Gasteiger partial charge in [0.25, 0.3) is 5.91 Å². The number of aliphatic hydroxyl groups is 3. The molecule has 0 bridgehead atoms. The van der Waals surface area contributed by atoms with Crippen LogP contribution in [0, 0.1) is 5.92 Å². The zero-order valence-electron chi connectivity index (χ0n) is 41.9. The number of furan rings is 1. The molecule has 2 heterocycles. The molecule has 1 saturated heterocycles. The number of carbonyl (C=O) groups excluding carboxylic acids is 10. The van der Waals surface area contributed by atoms with Crippen LogP contribution in [0.4, 0.5) is 0 Å². The summed E-state index contributed by atoms with van der Waals surface area (Å²) in [5.74, 6) is -10.1. The summed E-state index contributed by atoms with van der Waals surface area (Å²) in [4.78, 5) is 138. The summed E-state index contributed by atoms with van der Waals surface area (Å²) >= 11 is 0. The summed E-state index contributed by atoms with van der Waals surface area (Å²) in [6.45, 7) is 3.89. The second-order valence-corrected chi connectivity index (χ2v) is 18.1. The van der Waals surface area contributed by atoms with Crippen LogP contribution in [0.5, 0.6) is 0 Å². The molecule has 0 saturated carbocycles. The largest absolute Gasteiger partial charge is 0.459 e. The van der Waals surface area contributed by atoms with E-state index in [-0.39, 0.29) is 63.4 Å². The fourth-order valence-electron chi connectivity index (χ4n) is 7.56. The first-order chi connectivity index (χ1) is 35.1. The van der Waals surface area contributed by atoms with Crippen molar-refractivity contribution in [2.45, 2.75) is 133 Å². The van der Waals surface area contributed by atoms with Gasteiger partial charge < -0.3 is 90.1 Å². The minimum Gasteiger partial charge on any atom is -0.459 e. The zero-order valence-corrected chi connectivity index (χ0v) is 41.9. The summed E-state index contributed by atoms with van der Waals surface area (Å²) in [5.41, 5.74) is 18.1. The molecule has 10 amide bonds. The molecule has 0 aliphatic carbocycles. The number of hydrogen-bond acceptors (Lipinski definition) is 17. The van der Waals surface area contributed by atoms with E-state index in [0.717, 1.165) is 0 Å². The van der Waals surface area contributed by atoms with Crippen LogP contribution >= 0.6 is 0 Å². The Labute approximate surface area is 427 Å². The van der Waals surface area contributed by atoms with E-state index in [9.17, 15) is 63.3 Å². The topological polar surface area (TPSA) is 443 Å². The monoisotopic (exact) mass is 1040 g/mol. The van der Waals surface area contributed by atoms with Crippen LogP contribution < -0.4 is 70.4 Å². The molecule has 1 aromatic carbocycles. The van der Waals surface area contributed by atoms with Crippen molar-refractivity contribution in [1.82, 2.24) is 53.2 Å². The third-order valence-corrected chi connectivity index (χ3v) is 11.6. The lowest BCUT2D eigenvalue weighted by atomic mass is 10.00. The van der Waals surface area contributed by atoms with E-state index >= 15 is 0 Å². The fraction of sp³-hybridized carbons (Fsp3) is 0.574. The number of aliphatic hydroxyl groups excluding tert-OH is 3. The molecule has 1 aliphatic heterocycles. The van der Waals surface area contributed by atoms with E-state index in [4.69, 9.17) is 21.6 Å². The molecular formula is C47H73N13O14. The SMILES string of the molecule is CC(C)C[C@@H]1NC(=O)[C@@H](Cc2ccccc2)NC(=O)[C@H](CCN)NC(=O)[C@@H](NC(=O)[C@@H](CO)NC(=O)[C@@H](NC(=O)c2ccco2)[C@@H](C)O)CCNC(=O)[C@H]([C@@H](C)O)NC(=O)[C@H](CCN)NC(=O)[C@H](CCN)NC1=O. The Kier molecular flexibility index (Phi) is 25.6. The molecule has 74 heavy (non-hydrogen) atoms. The van der Waals surface area contributed by atoms with Gasteiger partial charge in [-0.15, -0.1) is 0 Å². The lowest BCUT2D eigenvalue weighted by Crippen LogP contribution is -2.61. The number of benzene rings is 1. The van der Waals surface area contributed by atoms with Crippen LogP contribution in [-0.4, -0.2) is 174 Å². The second-order valence-electron chi connectivity index (χ2n) is 18.1.